The quantitative estimate of drug-likeness (QED) is 0.516. The molecule has 0 spiro atoms. The van der Waals surface area contributed by atoms with Crippen LogP contribution >= 0.6 is 0 Å². The lowest BCUT2D eigenvalue weighted by Gasteiger charge is -2.35. The highest BCUT2D eigenvalue weighted by molar-refractivity contribution is 5.94. The van der Waals surface area contributed by atoms with Gasteiger partial charge in [0.15, 0.2) is 18.2 Å². The summed E-state index contributed by atoms with van der Waals surface area (Å²) in [5.74, 6) is 2.09. The third-order valence-electron chi connectivity index (χ3n) is 5.62. The van der Waals surface area contributed by atoms with Crippen molar-refractivity contribution in [1.29, 1.82) is 0 Å². The summed E-state index contributed by atoms with van der Waals surface area (Å²) in [6, 6.07) is 18.4. The van der Waals surface area contributed by atoms with Crippen molar-refractivity contribution < 1.29 is 19.1 Å². The van der Waals surface area contributed by atoms with E-state index < -0.39 is 0 Å². The molecule has 2 heterocycles. The third-order valence-corrected chi connectivity index (χ3v) is 5.62. The Kier molecular flexibility index (Phi) is 6.83. The van der Waals surface area contributed by atoms with Crippen LogP contribution in [0, 0.1) is 0 Å². The summed E-state index contributed by atoms with van der Waals surface area (Å²) in [7, 11) is 1.64. The van der Waals surface area contributed by atoms with Crippen LogP contribution in [0.2, 0.25) is 0 Å². The second kappa shape index (κ2) is 10.1. The molecular weight excluding hydrogens is 420 g/mol. The lowest BCUT2D eigenvalue weighted by Crippen LogP contribution is -2.50. The van der Waals surface area contributed by atoms with Crippen molar-refractivity contribution in [2.75, 3.05) is 44.8 Å². The Labute approximate surface area is 192 Å². The van der Waals surface area contributed by atoms with E-state index in [1.165, 1.54) is 6.92 Å². The molecule has 2 aromatic carbocycles. The second-order valence-electron chi connectivity index (χ2n) is 7.74. The maximum absolute atomic E-state index is 12.5. The third kappa shape index (κ3) is 5.46. The van der Waals surface area contributed by atoms with Gasteiger partial charge >= 0.3 is 0 Å². The fraction of sp³-hybridized carbons (Fsp3) is 0.280. The molecule has 3 aromatic rings. The highest BCUT2D eigenvalue weighted by Crippen LogP contribution is 2.22. The van der Waals surface area contributed by atoms with Crippen molar-refractivity contribution in [1.82, 2.24) is 15.1 Å². The van der Waals surface area contributed by atoms with Crippen LogP contribution in [0.25, 0.3) is 11.3 Å². The highest BCUT2D eigenvalue weighted by atomic mass is 16.5. The molecular formula is C25H26N4O4. The molecule has 0 aliphatic carbocycles. The number of anilines is 1. The standard InChI is InChI=1S/C25H26N4O4/c1-18(30)19-3-9-22(10-4-19)33-17-25(31)29-15-13-28(14-16-29)24-12-11-23(26-27-24)20-5-7-21(32-2)8-6-20/h3-12H,13-17H2,1-2H3. The zero-order chi connectivity index (χ0) is 23.2. The number of piperazine rings is 1. The van der Waals surface area contributed by atoms with Gasteiger partial charge in [0.2, 0.25) is 0 Å². The van der Waals surface area contributed by atoms with Gasteiger partial charge in [-0.1, -0.05) is 0 Å². The van der Waals surface area contributed by atoms with Crippen LogP contribution in [-0.2, 0) is 4.79 Å². The van der Waals surface area contributed by atoms with Crippen LogP contribution in [-0.4, -0.2) is 66.7 Å². The molecule has 1 aromatic heterocycles. The molecule has 0 bridgehead atoms. The topological polar surface area (TPSA) is 84.9 Å². The molecule has 0 unspecified atom stereocenters. The molecule has 4 rings (SSSR count). The van der Waals surface area contributed by atoms with E-state index in [-0.39, 0.29) is 18.3 Å². The molecule has 8 heteroatoms. The summed E-state index contributed by atoms with van der Waals surface area (Å²) in [6.45, 7) is 4.02. The highest BCUT2D eigenvalue weighted by Gasteiger charge is 2.22. The number of benzene rings is 2. The molecule has 1 aliphatic rings. The number of hydrogen-bond donors (Lipinski definition) is 0. The summed E-state index contributed by atoms with van der Waals surface area (Å²) >= 11 is 0. The van der Waals surface area contributed by atoms with Gasteiger partial charge in [0.25, 0.3) is 5.91 Å². The Morgan fingerprint density at radius 2 is 1.52 bits per heavy atom. The Balaban J connectivity index is 1.27. The van der Waals surface area contributed by atoms with E-state index in [0.717, 1.165) is 22.8 Å². The zero-order valence-electron chi connectivity index (χ0n) is 18.7. The summed E-state index contributed by atoms with van der Waals surface area (Å²) in [5.41, 5.74) is 2.38. The predicted octanol–water partition coefficient (Wildman–Crippen LogP) is 3.08. The normalized spacial score (nSPS) is 13.5. The molecule has 0 saturated carbocycles. The van der Waals surface area contributed by atoms with Crippen molar-refractivity contribution in [2.45, 2.75) is 6.92 Å². The molecule has 1 amide bonds. The minimum absolute atomic E-state index is 0.00411. The maximum atomic E-state index is 12.5. The van der Waals surface area contributed by atoms with Gasteiger partial charge in [0.05, 0.1) is 12.8 Å². The maximum Gasteiger partial charge on any atom is 0.260 e. The number of aromatic nitrogens is 2. The number of ether oxygens (including phenoxy) is 2. The molecule has 8 nitrogen and oxygen atoms in total. The number of rotatable bonds is 7. The van der Waals surface area contributed by atoms with Gasteiger partial charge in [0, 0.05) is 37.3 Å². The first-order valence-corrected chi connectivity index (χ1v) is 10.8. The number of carbonyl (C=O) groups is 2. The van der Waals surface area contributed by atoms with Gasteiger partial charge in [-0.2, -0.15) is 0 Å². The molecule has 0 radical (unpaired) electrons. The van der Waals surface area contributed by atoms with Crippen LogP contribution in [0.3, 0.4) is 0 Å². The van der Waals surface area contributed by atoms with Crippen LogP contribution in [0.5, 0.6) is 11.5 Å². The molecule has 170 valence electrons. The fourth-order valence-electron chi connectivity index (χ4n) is 3.62. The second-order valence-corrected chi connectivity index (χ2v) is 7.74. The van der Waals surface area contributed by atoms with Gasteiger partial charge in [-0.15, -0.1) is 10.2 Å². The average molecular weight is 447 g/mol. The van der Waals surface area contributed by atoms with Gasteiger partial charge in [-0.25, -0.2) is 0 Å². The van der Waals surface area contributed by atoms with E-state index in [1.54, 1.807) is 36.3 Å². The van der Waals surface area contributed by atoms with E-state index >= 15 is 0 Å². The van der Waals surface area contributed by atoms with Crippen molar-refractivity contribution in [3.63, 3.8) is 0 Å². The lowest BCUT2D eigenvalue weighted by molar-refractivity contribution is -0.133. The van der Waals surface area contributed by atoms with Gasteiger partial charge in [-0.05, 0) is 67.6 Å². The molecule has 1 fully saturated rings. The van der Waals surface area contributed by atoms with Gasteiger partial charge in [0.1, 0.15) is 11.5 Å². The van der Waals surface area contributed by atoms with Gasteiger partial charge < -0.3 is 19.3 Å². The molecule has 0 N–H and O–H groups in total. The Hall–Kier alpha value is -3.94. The van der Waals surface area contributed by atoms with Crippen molar-refractivity contribution >= 4 is 17.5 Å². The SMILES string of the molecule is COc1ccc(-c2ccc(N3CCN(C(=O)COc4ccc(C(C)=O)cc4)CC3)nn2)cc1. The molecule has 1 aliphatic heterocycles. The smallest absolute Gasteiger partial charge is 0.260 e. The van der Waals surface area contributed by atoms with Crippen LogP contribution in [0.15, 0.2) is 60.7 Å². The van der Waals surface area contributed by atoms with E-state index in [2.05, 4.69) is 15.1 Å². The first kappa shape index (κ1) is 22.3. The van der Waals surface area contributed by atoms with Crippen LogP contribution in [0.4, 0.5) is 5.82 Å². The summed E-state index contributed by atoms with van der Waals surface area (Å²) in [5, 5.41) is 8.74. The largest absolute Gasteiger partial charge is 0.497 e. The van der Waals surface area contributed by atoms with Crippen molar-refractivity contribution in [2.24, 2.45) is 0 Å². The van der Waals surface area contributed by atoms with Crippen LogP contribution in [0.1, 0.15) is 17.3 Å². The van der Waals surface area contributed by atoms with E-state index in [4.69, 9.17) is 9.47 Å². The Bertz CT molecular complexity index is 1090. The number of amides is 1. The minimum atomic E-state index is -0.0637. The summed E-state index contributed by atoms with van der Waals surface area (Å²) < 4.78 is 10.8. The zero-order valence-corrected chi connectivity index (χ0v) is 18.7. The number of ketones is 1. The van der Waals surface area contributed by atoms with E-state index in [1.807, 2.05) is 36.4 Å². The lowest BCUT2D eigenvalue weighted by atomic mass is 10.1. The number of methoxy groups -OCH3 is 1. The number of carbonyl (C=O) groups excluding carboxylic acids is 2. The first-order valence-electron chi connectivity index (χ1n) is 10.8. The molecule has 0 atom stereocenters. The number of hydrogen-bond acceptors (Lipinski definition) is 7. The first-order chi connectivity index (χ1) is 16.0. The summed E-state index contributed by atoms with van der Waals surface area (Å²) in [6.07, 6.45) is 0. The van der Waals surface area contributed by atoms with E-state index in [9.17, 15) is 9.59 Å². The minimum Gasteiger partial charge on any atom is -0.497 e. The predicted molar refractivity (Wildman–Crippen MR) is 125 cm³/mol. The Morgan fingerprint density at radius 1 is 0.848 bits per heavy atom. The fourth-order valence-corrected chi connectivity index (χ4v) is 3.62. The van der Waals surface area contributed by atoms with Crippen molar-refractivity contribution in [3.8, 4) is 22.8 Å². The van der Waals surface area contributed by atoms with Crippen molar-refractivity contribution in [3.05, 3.63) is 66.2 Å². The summed E-state index contributed by atoms with van der Waals surface area (Å²) in [4.78, 5) is 27.8. The number of nitrogens with zero attached hydrogens (tertiary/aromatic N) is 4. The van der Waals surface area contributed by atoms with Crippen LogP contribution < -0.4 is 14.4 Å². The number of Topliss-reactive ketones (excluding diaryl/α,β-unsaturated/α-hetero) is 1. The van der Waals surface area contributed by atoms with E-state index in [0.29, 0.717) is 37.5 Å². The Morgan fingerprint density at radius 3 is 2.09 bits per heavy atom. The molecule has 33 heavy (non-hydrogen) atoms. The monoisotopic (exact) mass is 446 g/mol. The average Bonchev–Trinajstić information content (AvgIpc) is 2.88. The molecule has 1 saturated heterocycles. The van der Waals surface area contributed by atoms with Gasteiger partial charge in [-0.3, -0.25) is 9.59 Å².